The van der Waals surface area contributed by atoms with Crippen LogP contribution in [0.25, 0.3) is 33.7 Å². The van der Waals surface area contributed by atoms with Crippen molar-refractivity contribution in [2.75, 3.05) is 5.32 Å². The third-order valence-electron chi connectivity index (χ3n) is 7.09. The maximum atomic E-state index is 14.3. The first-order chi connectivity index (χ1) is 18.4. The summed E-state index contributed by atoms with van der Waals surface area (Å²) in [7, 11) is 0. The van der Waals surface area contributed by atoms with Gasteiger partial charge in [0.25, 0.3) is 0 Å². The van der Waals surface area contributed by atoms with Gasteiger partial charge in [0.2, 0.25) is 0 Å². The lowest BCUT2D eigenvalue weighted by Gasteiger charge is -2.11. The number of nitrogens with zero attached hydrogens (tertiary/aromatic N) is 2. The lowest BCUT2D eigenvalue weighted by Crippen LogP contribution is -2.19. The number of pyridine rings is 1. The van der Waals surface area contributed by atoms with Crippen LogP contribution in [0.15, 0.2) is 95.5 Å². The van der Waals surface area contributed by atoms with E-state index in [4.69, 9.17) is 4.52 Å². The van der Waals surface area contributed by atoms with Gasteiger partial charge in [0.15, 0.2) is 5.76 Å². The number of carboxylic acid groups (broad SMARTS) is 1. The number of carboxylic acids is 1. The molecule has 5 aromatic rings. The molecule has 3 aromatic carbocycles. The molecule has 2 N–H and O–H groups in total. The molecular formula is C31H24FN3O3. The molecule has 2 aromatic heterocycles. The minimum absolute atomic E-state index is 0.331. The Morgan fingerprint density at radius 2 is 1.55 bits per heavy atom. The van der Waals surface area contributed by atoms with Gasteiger partial charge in [-0.3, -0.25) is 4.79 Å². The Hall–Kier alpha value is -4.78. The summed E-state index contributed by atoms with van der Waals surface area (Å²) in [6.45, 7) is 1.84. The first-order valence-electron chi connectivity index (χ1n) is 12.3. The van der Waals surface area contributed by atoms with Crippen LogP contribution in [0.5, 0.6) is 0 Å². The Labute approximate surface area is 218 Å². The summed E-state index contributed by atoms with van der Waals surface area (Å²) < 4.78 is 19.9. The number of benzene rings is 3. The topological polar surface area (TPSA) is 88.2 Å². The van der Waals surface area contributed by atoms with Gasteiger partial charge in [-0.15, -0.1) is 0 Å². The quantitative estimate of drug-likeness (QED) is 0.240. The molecule has 6 nitrogen and oxygen atoms in total. The summed E-state index contributed by atoms with van der Waals surface area (Å²) in [5.41, 5.74) is 5.29. The first kappa shape index (κ1) is 23.6. The van der Waals surface area contributed by atoms with Gasteiger partial charge in [-0.1, -0.05) is 71.9 Å². The number of rotatable bonds is 7. The molecule has 6 rings (SSSR count). The third-order valence-corrected chi connectivity index (χ3v) is 7.09. The number of hydrogen-bond donors (Lipinski definition) is 2. The van der Waals surface area contributed by atoms with E-state index < -0.39 is 11.4 Å². The number of halogens is 1. The second-order valence-electron chi connectivity index (χ2n) is 9.53. The highest BCUT2D eigenvalue weighted by atomic mass is 19.1. The van der Waals surface area contributed by atoms with Crippen LogP contribution in [0, 0.1) is 12.7 Å². The molecule has 7 heteroatoms. The van der Waals surface area contributed by atoms with Crippen molar-refractivity contribution in [2.24, 2.45) is 0 Å². The highest BCUT2D eigenvalue weighted by Crippen LogP contribution is 2.48. The molecule has 0 aliphatic heterocycles. The number of anilines is 2. The zero-order chi connectivity index (χ0) is 26.3. The zero-order valence-electron chi connectivity index (χ0n) is 20.6. The number of aromatic nitrogens is 2. The average Bonchev–Trinajstić information content (AvgIpc) is 3.69. The normalized spacial score (nSPS) is 13.7. The SMILES string of the molecule is Cc1noc(-c2ccc(-c3ccc(C4(C(=O)O)CC4)cc3)cc2)c1Nc1cccc(-c2ccccc2F)n1. The van der Waals surface area contributed by atoms with Crippen molar-refractivity contribution in [3.8, 4) is 33.7 Å². The first-order valence-corrected chi connectivity index (χ1v) is 12.3. The molecule has 1 fully saturated rings. The van der Waals surface area contributed by atoms with Crippen molar-refractivity contribution in [1.82, 2.24) is 10.1 Å². The molecule has 0 radical (unpaired) electrons. The third kappa shape index (κ3) is 4.22. The van der Waals surface area contributed by atoms with Gasteiger partial charge in [-0.05, 0) is 60.7 Å². The van der Waals surface area contributed by atoms with Gasteiger partial charge < -0.3 is 14.9 Å². The van der Waals surface area contributed by atoms with Crippen LogP contribution in [0.3, 0.4) is 0 Å². The van der Waals surface area contributed by atoms with E-state index in [1.807, 2.05) is 67.6 Å². The van der Waals surface area contributed by atoms with Crippen molar-refractivity contribution in [1.29, 1.82) is 0 Å². The van der Waals surface area contributed by atoms with Crippen LogP contribution in [0.2, 0.25) is 0 Å². The van der Waals surface area contributed by atoms with Gasteiger partial charge in [0.1, 0.15) is 23.0 Å². The summed E-state index contributed by atoms with van der Waals surface area (Å²) in [4.78, 5) is 16.2. The predicted octanol–water partition coefficient (Wildman–Crippen LogP) is 7.38. The van der Waals surface area contributed by atoms with Crippen molar-refractivity contribution < 1.29 is 18.8 Å². The van der Waals surface area contributed by atoms with Gasteiger partial charge >= 0.3 is 5.97 Å². The average molecular weight is 506 g/mol. The van der Waals surface area contributed by atoms with Gasteiger partial charge in [0, 0.05) is 11.1 Å². The lowest BCUT2D eigenvalue weighted by atomic mass is 9.93. The second kappa shape index (κ2) is 9.27. The molecule has 1 aliphatic carbocycles. The molecule has 188 valence electrons. The summed E-state index contributed by atoms with van der Waals surface area (Å²) in [6.07, 6.45) is 1.37. The fraction of sp³-hybridized carbons (Fsp3) is 0.129. The van der Waals surface area contributed by atoms with Gasteiger partial charge in [0.05, 0.1) is 11.1 Å². The van der Waals surface area contributed by atoms with Crippen molar-refractivity contribution >= 4 is 17.5 Å². The molecule has 1 saturated carbocycles. The zero-order valence-corrected chi connectivity index (χ0v) is 20.6. The maximum absolute atomic E-state index is 14.3. The summed E-state index contributed by atoms with van der Waals surface area (Å²) >= 11 is 0. The smallest absolute Gasteiger partial charge is 0.314 e. The van der Waals surface area contributed by atoms with Crippen molar-refractivity contribution in [3.05, 3.63) is 108 Å². The van der Waals surface area contributed by atoms with Crippen molar-refractivity contribution in [3.63, 3.8) is 0 Å². The van der Waals surface area contributed by atoms with Gasteiger partial charge in [-0.2, -0.15) is 0 Å². The monoisotopic (exact) mass is 505 g/mol. The minimum atomic E-state index is -0.754. The molecule has 0 spiro atoms. The predicted molar refractivity (Wildman–Crippen MR) is 144 cm³/mol. The Morgan fingerprint density at radius 1 is 0.895 bits per heavy atom. The van der Waals surface area contributed by atoms with Crippen LogP contribution in [0.1, 0.15) is 24.1 Å². The van der Waals surface area contributed by atoms with E-state index in [1.54, 1.807) is 24.3 Å². The highest BCUT2D eigenvalue weighted by Gasteiger charge is 2.51. The number of hydrogen-bond acceptors (Lipinski definition) is 5. The van der Waals surface area contributed by atoms with Crippen LogP contribution in [-0.4, -0.2) is 21.2 Å². The Bertz CT molecular complexity index is 1640. The molecule has 1 aliphatic rings. The number of nitrogens with one attached hydrogen (secondary N) is 1. The summed E-state index contributed by atoms with van der Waals surface area (Å²) in [5, 5.41) is 17.0. The fourth-order valence-corrected chi connectivity index (χ4v) is 4.71. The maximum Gasteiger partial charge on any atom is 0.314 e. The number of aryl methyl sites for hydroxylation is 1. The van der Waals surface area contributed by atoms with Crippen LogP contribution >= 0.6 is 0 Å². The summed E-state index contributed by atoms with van der Waals surface area (Å²) in [5.74, 6) is 0.0302. The largest absolute Gasteiger partial charge is 0.481 e. The molecule has 0 saturated heterocycles. The number of aliphatic carboxylic acids is 1. The second-order valence-corrected chi connectivity index (χ2v) is 9.53. The molecule has 38 heavy (non-hydrogen) atoms. The minimum Gasteiger partial charge on any atom is -0.481 e. The van der Waals surface area contributed by atoms with Crippen LogP contribution in [-0.2, 0) is 10.2 Å². The molecule has 0 atom stereocenters. The Kier molecular flexibility index (Phi) is 5.76. The van der Waals surface area contributed by atoms with Crippen molar-refractivity contribution in [2.45, 2.75) is 25.2 Å². The van der Waals surface area contributed by atoms with E-state index in [0.717, 1.165) is 22.3 Å². The lowest BCUT2D eigenvalue weighted by molar-refractivity contribution is -0.140. The Balaban J connectivity index is 1.25. The van der Waals surface area contributed by atoms with E-state index in [0.29, 0.717) is 47.1 Å². The molecule has 2 heterocycles. The van der Waals surface area contributed by atoms with E-state index in [1.165, 1.54) is 6.07 Å². The van der Waals surface area contributed by atoms with Crippen LogP contribution in [0.4, 0.5) is 15.9 Å². The standard InChI is InChI=1S/C31H24FN3O3/c1-19-28(34-27-8-4-7-26(33-27)24-5-2-3-6-25(24)32)29(38-35-19)22-11-9-20(10-12-22)21-13-15-23(16-14-21)31(17-18-31)30(36)37/h2-16H,17-18H2,1H3,(H,33,34)(H,36,37). The molecule has 0 amide bonds. The Morgan fingerprint density at radius 3 is 2.21 bits per heavy atom. The molecular weight excluding hydrogens is 481 g/mol. The number of carbonyl (C=O) groups is 1. The molecule has 0 unspecified atom stereocenters. The van der Waals surface area contributed by atoms with E-state index >= 15 is 0 Å². The fourth-order valence-electron chi connectivity index (χ4n) is 4.71. The molecule has 0 bridgehead atoms. The van der Waals surface area contributed by atoms with E-state index in [2.05, 4.69) is 15.5 Å². The summed E-state index contributed by atoms with van der Waals surface area (Å²) in [6, 6.07) is 27.6. The van der Waals surface area contributed by atoms with E-state index in [-0.39, 0.29) is 5.82 Å². The van der Waals surface area contributed by atoms with E-state index in [9.17, 15) is 14.3 Å². The van der Waals surface area contributed by atoms with Gasteiger partial charge in [-0.25, -0.2) is 9.37 Å². The van der Waals surface area contributed by atoms with Crippen LogP contribution < -0.4 is 5.32 Å². The highest BCUT2D eigenvalue weighted by molar-refractivity contribution is 5.85.